The highest BCUT2D eigenvalue weighted by Gasteiger charge is 2.27. The van der Waals surface area contributed by atoms with Crippen LogP contribution in [0.2, 0.25) is 0 Å². The number of carbonyl (C=O) groups is 1. The highest BCUT2D eigenvalue weighted by atomic mass is 35.5. The summed E-state index contributed by atoms with van der Waals surface area (Å²) in [6.07, 6.45) is 0. The van der Waals surface area contributed by atoms with Crippen LogP contribution in [0, 0.1) is 0 Å². The van der Waals surface area contributed by atoms with Gasteiger partial charge in [-0.05, 0) is 30.3 Å². The van der Waals surface area contributed by atoms with Crippen LogP contribution in [0.5, 0.6) is 0 Å². The van der Waals surface area contributed by atoms with E-state index in [0.29, 0.717) is 17.2 Å². The van der Waals surface area contributed by atoms with E-state index in [-0.39, 0.29) is 30.7 Å². The Morgan fingerprint density at radius 3 is 2.38 bits per heavy atom. The monoisotopic (exact) mass is 324 g/mol. The smallest absolute Gasteiger partial charge is 0.456 e. The molecule has 1 aliphatic heterocycles. The Morgan fingerprint density at radius 2 is 1.71 bits per heavy atom. The molecule has 1 amide bonds. The Bertz CT molecular complexity index is 671. The van der Waals surface area contributed by atoms with Crippen molar-refractivity contribution in [2.45, 2.75) is 0 Å². The number of para-hydroxylation sites is 2. The van der Waals surface area contributed by atoms with Crippen LogP contribution in [-0.2, 0) is 0 Å². The maximum absolute atomic E-state index is 12.0. The first-order valence-electron chi connectivity index (χ1n) is 5.97. The molecule has 0 saturated carbocycles. The molecule has 2 aromatic carbocycles. The standard InChI is InChI=1S/C14H12N4O.2ClH/c15-10-7-5-9(6-8-10)13(19)18-14-16-11-3-1-2-4-12(11)17-14;;/h1-8H,15H2,(H2,16,17,18,19);2*1H. The highest BCUT2D eigenvalue weighted by Crippen LogP contribution is 2.10. The van der Waals surface area contributed by atoms with Gasteiger partial charge >= 0.3 is 11.9 Å². The summed E-state index contributed by atoms with van der Waals surface area (Å²) >= 11 is 0. The molecule has 0 bridgehead atoms. The third-order valence-electron chi connectivity index (χ3n) is 2.95. The predicted molar refractivity (Wildman–Crippen MR) is 72.0 cm³/mol. The van der Waals surface area contributed by atoms with E-state index in [4.69, 9.17) is 5.73 Å². The van der Waals surface area contributed by atoms with Crippen molar-refractivity contribution < 1.29 is 39.9 Å². The van der Waals surface area contributed by atoms with Gasteiger partial charge in [0.2, 0.25) is 0 Å². The van der Waals surface area contributed by atoms with Gasteiger partial charge in [0.25, 0.3) is 0 Å². The lowest BCUT2D eigenvalue weighted by Gasteiger charge is -1.97. The van der Waals surface area contributed by atoms with Crippen molar-refractivity contribution in [3.05, 3.63) is 54.1 Å². The van der Waals surface area contributed by atoms with Crippen LogP contribution < -0.4 is 46.2 Å². The number of hydrogen-bond acceptors (Lipinski definition) is 2. The molecular weight excluding hydrogens is 311 g/mol. The normalized spacial score (nSPS) is 11.5. The largest absolute Gasteiger partial charge is 1.00 e. The Balaban J connectivity index is 0.00000110. The summed E-state index contributed by atoms with van der Waals surface area (Å²) in [5.41, 5.74) is 8.87. The van der Waals surface area contributed by atoms with Crippen molar-refractivity contribution >= 4 is 28.9 Å². The lowest BCUT2D eigenvalue weighted by Crippen LogP contribution is -3.00. The first-order valence-corrected chi connectivity index (χ1v) is 5.97. The first-order chi connectivity index (χ1) is 9.22. The van der Waals surface area contributed by atoms with Crippen molar-refractivity contribution in [1.29, 1.82) is 0 Å². The number of benzene rings is 2. The van der Waals surface area contributed by atoms with E-state index in [1.165, 1.54) is 0 Å². The molecular formula is C14H14Cl2N4O. The molecule has 1 aliphatic rings. The topological polar surface area (TPSA) is 85.7 Å². The van der Waals surface area contributed by atoms with Crippen molar-refractivity contribution in [3.8, 4) is 0 Å². The van der Waals surface area contributed by atoms with E-state index in [1.807, 2.05) is 29.6 Å². The van der Waals surface area contributed by atoms with Crippen LogP contribution in [0.1, 0.15) is 10.4 Å². The third kappa shape index (κ3) is 3.72. The quantitative estimate of drug-likeness (QED) is 0.393. The average molecular weight is 325 g/mol. The van der Waals surface area contributed by atoms with Gasteiger partial charge in [-0.1, -0.05) is 12.1 Å². The molecule has 0 aliphatic carbocycles. The summed E-state index contributed by atoms with van der Waals surface area (Å²) in [5.74, 6) is 0.523. The number of nitrogens with two attached hydrogens (primary N) is 2. The van der Waals surface area contributed by atoms with E-state index in [9.17, 15) is 4.79 Å². The van der Waals surface area contributed by atoms with Crippen LogP contribution in [0.4, 0.5) is 17.1 Å². The van der Waals surface area contributed by atoms with Crippen LogP contribution in [0.3, 0.4) is 0 Å². The fraction of sp³-hybridized carbons (Fsp3) is 0. The van der Waals surface area contributed by atoms with Crippen molar-refractivity contribution in [2.24, 2.45) is 0 Å². The molecule has 0 atom stereocenters. The molecule has 0 fully saturated rings. The van der Waals surface area contributed by atoms with Crippen LogP contribution >= 0.6 is 0 Å². The average Bonchev–Trinajstić information content (AvgIpc) is 2.81. The van der Waals surface area contributed by atoms with E-state index in [1.54, 1.807) is 24.3 Å². The Hall–Kier alpha value is -2.08. The Kier molecular flexibility index (Phi) is 5.72. The van der Waals surface area contributed by atoms with Gasteiger partial charge in [-0.25, -0.2) is 10.1 Å². The van der Waals surface area contributed by atoms with Gasteiger partial charge in [0.1, 0.15) is 0 Å². The summed E-state index contributed by atoms with van der Waals surface area (Å²) < 4.78 is 0. The van der Waals surface area contributed by atoms with Gasteiger partial charge in [0.05, 0.1) is 5.56 Å². The number of amides is 1. The fourth-order valence-corrected chi connectivity index (χ4v) is 1.97. The van der Waals surface area contributed by atoms with E-state index < -0.39 is 0 Å². The maximum atomic E-state index is 12.0. The van der Waals surface area contributed by atoms with Gasteiger partial charge < -0.3 is 30.5 Å². The molecule has 0 spiro atoms. The van der Waals surface area contributed by atoms with Crippen molar-refractivity contribution in [1.82, 2.24) is 5.32 Å². The minimum atomic E-state index is -0.161. The summed E-state index contributed by atoms with van der Waals surface area (Å²) in [6, 6.07) is 14.7. The fourth-order valence-electron chi connectivity index (χ4n) is 1.97. The maximum Gasteiger partial charge on any atom is 0.456 e. The number of quaternary nitrogens is 1. The number of rotatable bonds is 1. The second-order valence-corrected chi connectivity index (χ2v) is 4.35. The molecule has 1 heterocycles. The molecule has 2 aromatic rings. The number of nitrogen functional groups attached to an aromatic ring is 1. The molecule has 0 radical (unpaired) electrons. The molecule has 21 heavy (non-hydrogen) atoms. The number of anilines is 1. The lowest BCUT2D eigenvalue weighted by atomic mass is 10.2. The minimum absolute atomic E-state index is 0. The number of guanidine groups is 1. The molecule has 0 aromatic heterocycles. The van der Waals surface area contributed by atoms with Gasteiger partial charge in [-0.15, -0.1) is 0 Å². The zero-order valence-electron chi connectivity index (χ0n) is 10.9. The highest BCUT2D eigenvalue weighted by molar-refractivity contribution is 6.03. The summed E-state index contributed by atoms with van der Waals surface area (Å²) in [6.45, 7) is 0. The lowest BCUT2D eigenvalue weighted by molar-refractivity contribution is -0.490. The van der Waals surface area contributed by atoms with E-state index in [2.05, 4.69) is 10.3 Å². The molecule has 110 valence electrons. The molecule has 5 nitrogen and oxygen atoms in total. The minimum Gasteiger partial charge on any atom is -1.00 e. The zero-order chi connectivity index (χ0) is 13.2. The molecule has 0 saturated heterocycles. The van der Waals surface area contributed by atoms with Crippen molar-refractivity contribution in [2.75, 3.05) is 5.73 Å². The van der Waals surface area contributed by atoms with Gasteiger partial charge in [0.15, 0.2) is 11.4 Å². The predicted octanol–water partition coefficient (Wildman–Crippen LogP) is -7.02. The van der Waals surface area contributed by atoms with Crippen LogP contribution in [-0.4, -0.2) is 11.9 Å². The SMILES string of the molecule is Nc1ccc(C(=O)NC2=[NH+]c3ccccc3[NH2+]2)cc1.[Cl-].[Cl-]. The van der Waals surface area contributed by atoms with Gasteiger partial charge in [-0.3, -0.25) is 0 Å². The number of halogens is 2. The number of carbonyl (C=O) groups excluding carboxylic acids is 1. The van der Waals surface area contributed by atoms with E-state index in [0.717, 1.165) is 11.4 Å². The van der Waals surface area contributed by atoms with Crippen molar-refractivity contribution in [3.63, 3.8) is 0 Å². The first kappa shape index (κ1) is 17.0. The Morgan fingerprint density at radius 1 is 1.05 bits per heavy atom. The second-order valence-electron chi connectivity index (χ2n) is 4.35. The molecule has 3 rings (SSSR count). The number of nitrogens with one attached hydrogen (secondary N) is 2. The number of hydrogen-bond donors (Lipinski definition) is 4. The van der Waals surface area contributed by atoms with Crippen LogP contribution in [0.15, 0.2) is 48.5 Å². The summed E-state index contributed by atoms with van der Waals surface area (Å²) in [7, 11) is 0. The molecule has 6 N–H and O–H groups in total. The molecule has 7 heteroatoms. The third-order valence-corrected chi connectivity index (χ3v) is 2.95. The zero-order valence-corrected chi connectivity index (χ0v) is 12.4. The van der Waals surface area contributed by atoms with Gasteiger partial charge in [-0.2, -0.15) is 10.3 Å². The summed E-state index contributed by atoms with van der Waals surface area (Å²) in [5, 5.41) is 4.74. The van der Waals surface area contributed by atoms with E-state index >= 15 is 0 Å². The number of fused-ring (bicyclic) bond motifs is 1. The molecule has 0 unspecified atom stereocenters. The van der Waals surface area contributed by atoms with Gasteiger partial charge in [0, 0.05) is 11.8 Å². The summed E-state index contributed by atoms with van der Waals surface area (Å²) in [4.78, 5) is 15.2. The second kappa shape index (κ2) is 7.08. The van der Waals surface area contributed by atoms with Crippen LogP contribution in [0.25, 0.3) is 0 Å². The Labute approximate surface area is 134 Å².